The van der Waals surface area contributed by atoms with E-state index in [1.807, 2.05) is 6.92 Å². The first-order valence-electron chi connectivity index (χ1n) is 8.57. The van der Waals surface area contributed by atoms with Crippen LogP contribution in [0.5, 0.6) is 17.2 Å². The molecule has 6 heteroatoms. The fourth-order valence-corrected chi connectivity index (χ4v) is 2.38. The molecule has 0 radical (unpaired) electrons. The zero-order chi connectivity index (χ0) is 19.5. The molecular weight excluding hydrogens is 334 g/mol. The van der Waals surface area contributed by atoms with Crippen molar-refractivity contribution in [2.75, 3.05) is 21.3 Å². The number of oxime groups is 1. The summed E-state index contributed by atoms with van der Waals surface area (Å²) >= 11 is 0. The molecule has 1 aromatic rings. The van der Waals surface area contributed by atoms with Crippen molar-refractivity contribution >= 4 is 12.2 Å². The van der Waals surface area contributed by atoms with Gasteiger partial charge in [0.15, 0.2) is 0 Å². The average Bonchev–Trinajstić information content (AvgIpc) is 2.60. The maximum atomic E-state index is 11.9. The Bertz CT molecular complexity index is 623. The lowest BCUT2D eigenvalue weighted by Gasteiger charge is -2.12. The monoisotopic (exact) mass is 363 g/mol. The molecule has 0 fully saturated rings. The first-order chi connectivity index (χ1) is 12.4. The number of carbonyl (C=O) groups excluding carboxylic acids is 1. The Morgan fingerprint density at radius 1 is 1.12 bits per heavy atom. The van der Waals surface area contributed by atoms with Crippen LogP contribution in [0.3, 0.4) is 0 Å². The fraction of sp³-hybridized carbons (Fsp3) is 0.500. The van der Waals surface area contributed by atoms with Crippen LogP contribution in [-0.2, 0) is 9.63 Å². The number of hydrogen-bond donors (Lipinski definition) is 0. The lowest BCUT2D eigenvalue weighted by molar-refractivity contribution is -0.144. The summed E-state index contributed by atoms with van der Waals surface area (Å²) in [5, 5.41) is 3.79. The molecule has 1 atom stereocenters. The zero-order valence-corrected chi connectivity index (χ0v) is 16.5. The number of allylic oxidation sites excluding steroid dienone is 2. The summed E-state index contributed by atoms with van der Waals surface area (Å²) in [7, 11) is 4.62. The second-order valence-corrected chi connectivity index (χ2v) is 6.31. The van der Waals surface area contributed by atoms with Gasteiger partial charge in [0.2, 0.25) is 0 Å². The average molecular weight is 363 g/mol. The Labute approximate surface area is 155 Å². The van der Waals surface area contributed by atoms with E-state index in [2.05, 4.69) is 25.1 Å². The van der Waals surface area contributed by atoms with Crippen molar-refractivity contribution in [1.29, 1.82) is 0 Å². The quantitative estimate of drug-likeness (QED) is 0.267. The lowest BCUT2D eigenvalue weighted by atomic mass is 10.0. The Morgan fingerprint density at radius 3 is 2.23 bits per heavy atom. The van der Waals surface area contributed by atoms with Crippen LogP contribution in [0.2, 0.25) is 0 Å². The highest BCUT2D eigenvalue weighted by molar-refractivity contribution is 5.88. The number of methoxy groups -OCH3 is 3. The molecule has 6 nitrogen and oxygen atoms in total. The summed E-state index contributed by atoms with van der Waals surface area (Å²) in [5.74, 6) is 1.49. The molecule has 1 aromatic carbocycles. The van der Waals surface area contributed by atoms with Gasteiger partial charge < -0.3 is 19.0 Å². The highest BCUT2D eigenvalue weighted by atomic mass is 16.7. The van der Waals surface area contributed by atoms with Gasteiger partial charge in [-0.3, -0.25) is 0 Å². The molecule has 0 saturated heterocycles. The number of benzene rings is 1. The van der Waals surface area contributed by atoms with Crippen molar-refractivity contribution in [3.05, 3.63) is 29.3 Å². The highest BCUT2D eigenvalue weighted by Gasteiger charge is 2.13. The van der Waals surface area contributed by atoms with Gasteiger partial charge in [0.25, 0.3) is 0 Å². The normalized spacial score (nSPS) is 11.8. The topological polar surface area (TPSA) is 66.3 Å². The number of nitrogens with zero attached hydrogens (tertiary/aromatic N) is 1. The van der Waals surface area contributed by atoms with Crippen LogP contribution in [0.1, 0.15) is 45.6 Å². The summed E-state index contributed by atoms with van der Waals surface area (Å²) in [6.07, 6.45) is 5.79. The molecule has 0 heterocycles. The van der Waals surface area contributed by atoms with Crippen LogP contribution in [0.4, 0.5) is 0 Å². The van der Waals surface area contributed by atoms with Gasteiger partial charge in [0, 0.05) is 12.1 Å². The summed E-state index contributed by atoms with van der Waals surface area (Å²) in [6, 6.07) is 3.41. The molecule has 0 bridgehead atoms. The van der Waals surface area contributed by atoms with E-state index in [1.165, 1.54) is 26.0 Å². The van der Waals surface area contributed by atoms with Crippen LogP contribution in [0, 0.1) is 5.92 Å². The molecule has 0 aliphatic carbocycles. The van der Waals surface area contributed by atoms with E-state index < -0.39 is 0 Å². The second kappa shape index (κ2) is 11.2. The van der Waals surface area contributed by atoms with E-state index in [1.54, 1.807) is 19.2 Å². The number of carbonyl (C=O) groups is 1. The fourth-order valence-electron chi connectivity index (χ4n) is 2.38. The van der Waals surface area contributed by atoms with Crippen molar-refractivity contribution in [3.8, 4) is 17.2 Å². The Hall–Kier alpha value is -2.50. The predicted molar refractivity (Wildman–Crippen MR) is 102 cm³/mol. The molecule has 0 N–H and O–H groups in total. The molecule has 1 rings (SSSR count). The van der Waals surface area contributed by atoms with E-state index in [4.69, 9.17) is 19.0 Å². The minimum absolute atomic E-state index is 0.235. The van der Waals surface area contributed by atoms with Crippen molar-refractivity contribution in [2.45, 2.75) is 40.0 Å². The smallest absolute Gasteiger partial charge is 0.335 e. The van der Waals surface area contributed by atoms with Gasteiger partial charge in [-0.2, -0.15) is 0 Å². The van der Waals surface area contributed by atoms with Gasteiger partial charge in [-0.25, -0.2) is 4.79 Å². The number of rotatable bonds is 10. The highest BCUT2D eigenvalue weighted by Crippen LogP contribution is 2.32. The molecule has 0 saturated carbocycles. The van der Waals surface area contributed by atoms with Gasteiger partial charge in [0.1, 0.15) is 17.2 Å². The van der Waals surface area contributed by atoms with Crippen LogP contribution >= 0.6 is 0 Å². The molecule has 144 valence electrons. The minimum atomic E-state index is -0.364. The summed E-state index contributed by atoms with van der Waals surface area (Å²) in [4.78, 5) is 16.9. The summed E-state index contributed by atoms with van der Waals surface area (Å²) in [6.45, 7) is 6.16. The van der Waals surface area contributed by atoms with Crippen LogP contribution in [0.25, 0.3) is 0 Å². The first kappa shape index (κ1) is 21.5. The van der Waals surface area contributed by atoms with Crippen LogP contribution in [-0.4, -0.2) is 33.5 Å². The molecular formula is C20H29NO5. The predicted octanol–water partition coefficient (Wildman–Crippen LogP) is 4.36. The van der Waals surface area contributed by atoms with Crippen molar-refractivity contribution < 1.29 is 23.8 Å². The Kier molecular flexibility index (Phi) is 9.26. The largest absolute Gasteiger partial charge is 0.496 e. The van der Waals surface area contributed by atoms with E-state index >= 15 is 0 Å². The molecule has 0 aromatic heterocycles. The third kappa shape index (κ3) is 7.17. The Balaban J connectivity index is 2.68. The van der Waals surface area contributed by atoms with Crippen molar-refractivity contribution in [3.63, 3.8) is 0 Å². The van der Waals surface area contributed by atoms with Crippen LogP contribution < -0.4 is 14.2 Å². The van der Waals surface area contributed by atoms with E-state index in [0.717, 1.165) is 12.8 Å². The lowest BCUT2D eigenvalue weighted by Crippen LogP contribution is -2.07. The maximum absolute atomic E-state index is 11.9. The van der Waals surface area contributed by atoms with Gasteiger partial charge in [-0.15, -0.1) is 0 Å². The van der Waals surface area contributed by atoms with E-state index in [0.29, 0.717) is 29.2 Å². The SMILES string of the molecule is COc1cc(OC)c(/C=N\OC(=O)C[C@@H](C)CCC=C(C)C)c(OC)c1. The number of ether oxygens (including phenoxy) is 3. The maximum Gasteiger partial charge on any atom is 0.335 e. The second-order valence-electron chi connectivity index (χ2n) is 6.31. The third-order valence-corrected chi connectivity index (χ3v) is 3.82. The van der Waals surface area contributed by atoms with Gasteiger partial charge in [-0.1, -0.05) is 23.7 Å². The van der Waals surface area contributed by atoms with Crippen molar-refractivity contribution in [1.82, 2.24) is 0 Å². The van der Waals surface area contributed by atoms with Gasteiger partial charge in [0.05, 0.1) is 39.5 Å². The number of hydrogen-bond acceptors (Lipinski definition) is 6. The molecule has 26 heavy (non-hydrogen) atoms. The molecule has 0 aliphatic heterocycles. The van der Waals surface area contributed by atoms with Crippen LogP contribution in [0.15, 0.2) is 28.9 Å². The third-order valence-electron chi connectivity index (χ3n) is 3.82. The van der Waals surface area contributed by atoms with E-state index in [9.17, 15) is 4.79 Å². The molecule has 0 spiro atoms. The van der Waals surface area contributed by atoms with Crippen molar-refractivity contribution in [2.24, 2.45) is 11.1 Å². The standard InChI is InChI=1S/C20H29NO5/c1-14(2)8-7-9-15(3)10-20(22)26-21-13-17-18(24-5)11-16(23-4)12-19(17)25-6/h8,11-13,15H,7,9-10H2,1-6H3/b21-13-/t15-/m0/s1. The first-order valence-corrected chi connectivity index (χ1v) is 8.57. The summed E-state index contributed by atoms with van der Waals surface area (Å²) in [5.41, 5.74) is 1.85. The Morgan fingerprint density at radius 2 is 1.73 bits per heavy atom. The minimum Gasteiger partial charge on any atom is -0.496 e. The molecule has 0 aliphatic rings. The van der Waals surface area contributed by atoms with Gasteiger partial charge in [-0.05, 0) is 32.6 Å². The zero-order valence-electron chi connectivity index (χ0n) is 16.5. The summed E-state index contributed by atoms with van der Waals surface area (Å²) < 4.78 is 15.8. The molecule has 0 amide bonds. The van der Waals surface area contributed by atoms with Gasteiger partial charge >= 0.3 is 5.97 Å². The molecule has 0 unspecified atom stereocenters. The van der Waals surface area contributed by atoms with E-state index in [-0.39, 0.29) is 11.9 Å².